The van der Waals surface area contributed by atoms with E-state index in [-0.39, 0.29) is 11.6 Å². The van der Waals surface area contributed by atoms with E-state index in [4.69, 9.17) is 16.2 Å². The second-order valence-corrected chi connectivity index (χ2v) is 7.30. The Morgan fingerprint density at radius 3 is 2.87 bits per heavy atom. The van der Waals surface area contributed by atoms with Crippen LogP contribution in [0, 0.1) is 5.82 Å². The van der Waals surface area contributed by atoms with Crippen LogP contribution in [0.15, 0.2) is 65.6 Å². The molecule has 0 unspecified atom stereocenters. The number of rotatable bonds is 1. The number of aromatic nitrogens is 2. The summed E-state index contributed by atoms with van der Waals surface area (Å²) in [4.78, 5) is 13.6. The second kappa shape index (κ2) is 8.55. The van der Waals surface area contributed by atoms with Crippen LogP contribution in [-0.4, -0.2) is 22.2 Å². The molecule has 6 nitrogen and oxygen atoms in total. The maximum Gasteiger partial charge on any atom is 0.166 e. The van der Waals surface area contributed by atoms with Gasteiger partial charge in [-0.25, -0.2) is 9.37 Å². The van der Waals surface area contributed by atoms with Gasteiger partial charge >= 0.3 is 0 Å². The van der Waals surface area contributed by atoms with Gasteiger partial charge in [0, 0.05) is 42.0 Å². The zero-order valence-corrected chi connectivity index (χ0v) is 17.5. The summed E-state index contributed by atoms with van der Waals surface area (Å²) in [5.74, 6) is 0.305. The summed E-state index contributed by atoms with van der Waals surface area (Å²) in [6.45, 7) is 4.39. The van der Waals surface area contributed by atoms with Crippen LogP contribution in [0.3, 0.4) is 0 Å². The quantitative estimate of drug-likeness (QED) is 0.618. The Kier molecular flexibility index (Phi) is 5.66. The molecule has 31 heavy (non-hydrogen) atoms. The number of allylic oxidation sites excluding steroid dienone is 1. The highest BCUT2D eigenvalue weighted by Crippen LogP contribution is 2.35. The summed E-state index contributed by atoms with van der Waals surface area (Å²) in [5.41, 5.74) is 17.6. The van der Waals surface area contributed by atoms with E-state index >= 15 is 0 Å². The first-order valence-electron chi connectivity index (χ1n) is 10.1. The largest absolute Gasteiger partial charge is 0.482 e. The monoisotopic (exact) mass is 417 g/mol. The highest BCUT2D eigenvalue weighted by molar-refractivity contribution is 6.13. The van der Waals surface area contributed by atoms with Crippen molar-refractivity contribution in [2.24, 2.45) is 10.7 Å². The molecule has 3 heterocycles. The number of anilines is 1. The Bertz CT molecular complexity index is 1190. The van der Waals surface area contributed by atoms with Crippen molar-refractivity contribution in [2.45, 2.75) is 26.4 Å². The van der Waals surface area contributed by atoms with Gasteiger partial charge in [0.1, 0.15) is 11.9 Å². The van der Waals surface area contributed by atoms with E-state index in [2.05, 4.69) is 15.0 Å². The number of hydrogen-bond acceptors (Lipinski definition) is 6. The fourth-order valence-electron chi connectivity index (χ4n) is 3.81. The normalized spacial score (nSPS) is 18.5. The highest BCUT2D eigenvalue weighted by Gasteiger charge is 2.22. The average Bonchev–Trinajstić information content (AvgIpc) is 2.77. The van der Waals surface area contributed by atoms with Gasteiger partial charge in [-0.1, -0.05) is 6.07 Å². The van der Waals surface area contributed by atoms with Crippen molar-refractivity contribution in [1.29, 1.82) is 0 Å². The van der Waals surface area contributed by atoms with Gasteiger partial charge < -0.3 is 16.2 Å². The van der Waals surface area contributed by atoms with Crippen LogP contribution in [0.1, 0.15) is 36.6 Å². The average molecular weight is 417 g/mol. The van der Waals surface area contributed by atoms with Gasteiger partial charge in [0.15, 0.2) is 11.6 Å². The molecule has 1 aliphatic heterocycles. The number of pyridine rings is 2. The summed E-state index contributed by atoms with van der Waals surface area (Å²) in [7, 11) is 0. The van der Waals surface area contributed by atoms with Crippen molar-refractivity contribution in [3.63, 3.8) is 0 Å². The molecule has 0 saturated heterocycles. The van der Waals surface area contributed by atoms with Crippen LogP contribution in [0.25, 0.3) is 11.3 Å². The maximum atomic E-state index is 14.2. The minimum absolute atomic E-state index is 0.248. The summed E-state index contributed by atoms with van der Waals surface area (Å²) in [5, 5.41) is 0. The molecular formula is C24H24FN5O. The molecule has 1 aliphatic rings. The third-order valence-corrected chi connectivity index (χ3v) is 5.26. The third-order valence-electron chi connectivity index (χ3n) is 5.26. The Morgan fingerprint density at radius 1 is 1.26 bits per heavy atom. The molecule has 0 spiro atoms. The number of hydrogen-bond donors (Lipinski definition) is 2. The van der Waals surface area contributed by atoms with Gasteiger partial charge in [-0.3, -0.25) is 9.98 Å². The van der Waals surface area contributed by atoms with Gasteiger partial charge in [0.25, 0.3) is 0 Å². The number of nitrogen functional groups attached to an aromatic ring is 1. The predicted molar refractivity (Wildman–Crippen MR) is 120 cm³/mol. The zero-order valence-electron chi connectivity index (χ0n) is 17.5. The minimum Gasteiger partial charge on any atom is -0.482 e. The number of benzene rings is 1. The van der Waals surface area contributed by atoms with E-state index in [1.54, 1.807) is 24.7 Å². The van der Waals surface area contributed by atoms with E-state index in [9.17, 15) is 4.39 Å². The molecule has 2 aromatic heterocycles. The molecule has 158 valence electrons. The molecular weight excluding hydrogens is 393 g/mol. The highest BCUT2D eigenvalue weighted by atomic mass is 19.1. The van der Waals surface area contributed by atoms with Gasteiger partial charge in [0.2, 0.25) is 0 Å². The zero-order chi connectivity index (χ0) is 22.0. The molecule has 0 saturated carbocycles. The molecule has 0 aliphatic carbocycles. The van der Waals surface area contributed by atoms with Crippen molar-refractivity contribution in [1.82, 2.24) is 9.97 Å². The lowest BCUT2D eigenvalue weighted by atomic mass is 9.91. The lowest BCUT2D eigenvalue weighted by Crippen LogP contribution is -2.15. The Labute approximate surface area is 180 Å². The fraction of sp³-hybridized carbons (Fsp3) is 0.208. The van der Waals surface area contributed by atoms with Crippen molar-refractivity contribution in [2.75, 3.05) is 12.3 Å². The standard InChI is InChI=1S/C24H24FN5O/c1-3-28-22-16(12-26)9-15-5-4-8-29-23(15)19-7-6-18(25)11-20(19)14(2)31-21-10-17(22)13-30-24(21)27/h4-8,10-14H,3,9,26H2,1-2H3,(H2,27,30)/t14-/m1/s1. The van der Waals surface area contributed by atoms with E-state index in [0.717, 1.165) is 33.7 Å². The van der Waals surface area contributed by atoms with E-state index in [1.807, 2.05) is 32.0 Å². The molecule has 1 atom stereocenters. The van der Waals surface area contributed by atoms with Gasteiger partial charge in [-0.15, -0.1) is 0 Å². The van der Waals surface area contributed by atoms with Crippen LogP contribution in [0.4, 0.5) is 10.2 Å². The number of aliphatic imine (C=N–C) groups is 1. The van der Waals surface area contributed by atoms with Crippen LogP contribution >= 0.6 is 0 Å². The van der Waals surface area contributed by atoms with Crippen molar-refractivity contribution in [3.8, 4) is 17.0 Å². The Morgan fingerprint density at radius 2 is 2.10 bits per heavy atom. The number of nitrogens with two attached hydrogens (primary N) is 2. The smallest absolute Gasteiger partial charge is 0.166 e. The first kappa shape index (κ1) is 20.5. The number of nitrogens with zero attached hydrogens (tertiary/aromatic N) is 3. The molecule has 3 aromatic rings. The molecule has 2 bridgehead atoms. The van der Waals surface area contributed by atoms with Crippen molar-refractivity contribution < 1.29 is 9.13 Å². The topological polar surface area (TPSA) is 99.4 Å². The molecule has 4 rings (SSSR count). The number of ether oxygens (including phenoxy) is 1. The summed E-state index contributed by atoms with van der Waals surface area (Å²) < 4.78 is 20.4. The number of halogens is 1. The van der Waals surface area contributed by atoms with Crippen LogP contribution in [0.2, 0.25) is 0 Å². The lowest BCUT2D eigenvalue weighted by molar-refractivity contribution is 0.227. The fourth-order valence-corrected chi connectivity index (χ4v) is 3.81. The predicted octanol–water partition coefficient (Wildman–Crippen LogP) is 4.21. The molecule has 0 fully saturated rings. The SMILES string of the molecule is CCN=C1C(=CN)Cc2cccnc2-c2ccc(F)cc2[C@@H](C)Oc2cc1cnc2N. The van der Waals surface area contributed by atoms with Gasteiger partial charge in [0.05, 0.1) is 11.4 Å². The molecule has 0 amide bonds. The first-order valence-corrected chi connectivity index (χ1v) is 10.1. The van der Waals surface area contributed by atoms with Crippen molar-refractivity contribution in [3.05, 3.63) is 83.1 Å². The second-order valence-electron chi connectivity index (χ2n) is 7.30. The van der Waals surface area contributed by atoms with Crippen molar-refractivity contribution >= 4 is 11.5 Å². The lowest BCUT2D eigenvalue weighted by Gasteiger charge is -2.22. The summed E-state index contributed by atoms with van der Waals surface area (Å²) >= 11 is 0. The number of fused-ring (bicyclic) bond motifs is 5. The first-order chi connectivity index (χ1) is 15.0. The van der Waals surface area contributed by atoms with Crippen LogP contribution < -0.4 is 16.2 Å². The summed E-state index contributed by atoms with van der Waals surface area (Å²) in [6, 6.07) is 10.3. The molecule has 7 heteroatoms. The van der Waals surface area contributed by atoms with E-state index < -0.39 is 6.10 Å². The molecule has 4 N–H and O–H groups in total. The van der Waals surface area contributed by atoms with Crippen LogP contribution in [-0.2, 0) is 6.42 Å². The van der Waals surface area contributed by atoms with E-state index in [0.29, 0.717) is 24.3 Å². The Hall–Kier alpha value is -3.74. The summed E-state index contributed by atoms with van der Waals surface area (Å²) in [6.07, 6.45) is 4.96. The molecule has 0 radical (unpaired) electrons. The maximum absolute atomic E-state index is 14.2. The van der Waals surface area contributed by atoms with Gasteiger partial charge in [-0.05, 0) is 61.5 Å². The van der Waals surface area contributed by atoms with Crippen LogP contribution in [0.5, 0.6) is 5.75 Å². The van der Waals surface area contributed by atoms with E-state index in [1.165, 1.54) is 12.1 Å². The Balaban J connectivity index is 2.01. The minimum atomic E-state index is -0.490. The molecule has 1 aromatic carbocycles. The van der Waals surface area contributed by atoms with Gasteiger partial charge in [-0.2, -0.15) is 0 Å². The third kappa shape index (κ3) is 3.99.